The number of pyridine rings is 1. The fraction of sp³-hybridized carbons (Fsp3) is 0.538. The number of nitrogens with zero attached hydrogens (tertiary/aromatic N) is 3. The summed E-state index contributed by atoms with van der Waals surface area (Å²) in [6.45, 7) is 10.1. The van der Waals surface area contributed by atoms with E-state index in [4.69, 9.17) is 21.6 Å². The van der Waals surface area contributed by atoms with Crippen LogP contribution in [-0.2, 0) is 6.42 Å². The van der Waals surface area contributed by atoms with Gasteiger partial charge in [0.15, 0.2) is 0 Å². The molecule has 170 valence electrons. The molecule has 5 nitrogen and oxygen atoms in total. The maximum absolute atomic E-state index is 6.54. The van der Waals surface area contributed by atoms with Crippen LogP contribution in [0.4, 0.5) is 0 Å². The van der Waals surface area contributed by atoms with Gasteiger partial charge in [-0.1, -0.05) is 57.7 Å². The fourth-order valence-corrected chi connectivity index (χ4v) is 4.29. The SMILES string of the molecule is C=C/C(CC/C(=C(/N)c1ccc(CC2CCCCC2)c(C)n1)N(C)N)=N\C(=C/C)CC. The van der Waals surface area contributed by atoms with Crippen LogP contribution in [0.1, 0.15) is 82.2 Å². The molecule has 0 amide bonds. The van der Waals surface area contributed by atoms with Gasteiger partial charge in [-0.25, -0.2) is 5.84 Å². The van der Waals surface area contributed by atoms with Crippen LogP contribution < -0.4 is 11.6 Å². The molecule has 0 bridgehead atoms. The van der Waals surface area contributed by atoms with E-state index in [-0.39, 0.29) is 0 Å². The van der Waals surface area contributed by atoms with Gasteiger partial charge in [0.05, 0.1) is 17.1 Å². The van der Waals surface area contributed by atoms with Crippen LogP contribution in [0, 0.1) is 12.8 Å². The Labute approximate surface area is 189 Å². The highest BCUT2D eigenvalue weighted by Crippen LogP contribution is 2.28. The molecule has 1 aliphatic rings. The standard InChI is InChI=1S/C26H41N5/c1-6-22(7-2)30-23(8-3)15-17-25(31(5)28)26(27)24-16-14-21(19(4)29-24)18-20-12-10-9-11-13-20/h6,8,14,16,20H,3,7,9-13,15,17-18,27-28H2,1-2,4-5H3/b22-6-,26-25-,30-23+. The van der Waals surface area contributed by atoms with Gasteiger partial charge in [-0.2, -0.15) is 0 Å². The molecule has 0 radical (unpaired) electrons. The minimum atomic E-state index is 0.627. The molecule has 1 saturated carbocycles. The number of aliphatic imine (C=N–C) groups is 1. The molecule has 1 aromatic heterocycles. The summed E-state index contributed by atoms with van der Waals surface area (Å²) < 4.78 is 0. The molecule has 0 aliphatic heterocycles. The maximum Gasteiger partial charge on any atom is 0.0880 e. The Balaban J connectivity index is 2.19. The Hall–Kier alpha value is -2.40. The van der Waals surface area contributed by atoms with Gasteiger partial charge in [-0.15, -0.1) is 0 Å². The molecule has 0 spiro atoms. The third-order valence-corrected chi connectivity index (χ3v) is 6.28. The van der Waals surface area contributed by atoms with Crippen molar-refractivity contribution in [3.8, 4) is 0 Å². The van der Waals surface area contributed by atoms with Gasteiger partial charge in [-0.05, 0) is 63.2 Å². The Kier molecular flexibility index (Phi) is 9.99. The van der Waals surface area contributed by atoms with E-state index in [9.17, 15) is 0 Å². The lowest BCUT2D eigenvalue weighted by Gasteiger charge is -2.23. The maximum atomic E-state index is 6.54. The van der Waals surface area contributed by atoms with Crippen LogP contribution in [0.5, 0.6) is 0 Å². The largest absolute Gasteiger partial charge is 0.396 e. The summed E-state index contributed by atoms with van der Waals surface area (Å²) in [7, 11) is 1.82. The van der Waals surface area contributed by atoms with E-state index >= 15 is 0 Å². The van der Waals surface area contributed by atoms with Crippen molar-refractivity contribution in [3.63, 3.8) is 0 Å². The van der Waals surface area contributed by atoms with Gasteiger partial charge in [0, 0.05) is 24.2 Å². The predicted octanol–water partition coefficient (Wildman–Crippen LogP) is 5.67. The third-order valence-electron chi connectivity index (χ3n) is 6.28. The number of hydrogen-bond donors (Lipinski definition) is 2. The lowest BCUT2D eigenvalue weighted by atomic mass is 9.84. The van der Waals surface area contributed by atoms with Crippen LogP contribution in [-0.4, -0.2) is 22.8 Å². The Bertz CT molecular complexity index is 826. The zero-order valence-corrected chi connectivity index (χ0v) is 20.0. The van der Waals surface area contributed by atoms with Crippen molar-refractivity contribution in [1.29, 1.82) is 0 Å². The van der Waals surface area contributed by atoms with Gasteiger partial charge in [0.25, 0.3) is 0 Å². The monoisotopic (exact) mass is 423 g/mol. The molecule has 1 heterocycles. The molecule has 2 rings (SSSR count). The van der Waals surface area contributed by atoms with Crippen molar-refractivity contribution in [3.05, 3.63) is 59.2 Å². The first-order valence-electron chi connectivity index (χ1n) is 11.7. The van der Waals surface area contributed by atoms with Gasteiger partial charge in [-0.3, -0.25) is 9.98 Å². The van der Waals surface area contributed by atoms with Gasteiger partial charge in [0.2, 0.25) is 0 Å². The second-order valence-corrected chi connectivity index (χ2v) is 8.56. The number of rotatable bonds is 10. The number of hydrazine groups is 1. The van der Waals surface area contributed by atoms with E-state index in [1.807, 2.05) is 32.2 Å². The van der Waals surface area contributed by atoms with Crippen LogP contribution >= 0.6 is 0 Å². The number of allylic oxidation sites excluding steroid dienone is 4. The van der Waals surface area contributed by atoms with Crippen LogP contribution in [0.3, 0.4) is 0 Å². The normalized spacial score (nSPS) is 16.8. The zero-order chi connectivity index (χ0) is 22.8. The van der Waals surface area contributed by atoms with Crippen molar-refractivity contribution in [2.45, 2.75) is 78.6 Å². The van der Waals surface area contributed by atoms with Crippen LogP contribution in [0.15, 0.2) is 47.3 Å². The second kappa shape index (κ2) is 12.5. The molecular formula is C26H41N5. The van der Waals surface area contributed by atoms with Crippen molar-refractivity contribution in [2.75, 3.05) is 7.05 Å². The smallest absolute Gasteiger partial charge is 0.0880 e. The van der Waals surface area contributed by atoms with Gasteiger partial charge in [0.1, 0.15) is 0 Å². The second-order valence-electron chi connectivity index (χ2n) is 8.56. The van der Waals surface area contributed by atoms with Crippen LogP contribution in [0.2, 0.25) is 0 Å². The minimum absolute atomic E-state index is 0.627. The molecule has 1 fully saturated rings. The molecule has 0 saturated heterocycles. The molecule has 0 unspecified atom stereocenters. The summed E-state index contributed by atoms with van der Waals surface area (Å²) >= 11 is 0. The van der Waals surface area contributed by atoms with Crippen molar-refractivity contribution in [1.82, 2.24) is 9.99 Å². The first-order chi connectivity index (χ1) is 14.9. The summed E-state index contributed by atoms with van der Waals surface area (Å²) in [6, 6.07) is 4.24. The van der Waals surface area contributed by atoms with Crippen LogP contribution in [0.25, 0.3) is 5.70 Å². The summed E-state index contributed by atoms with van der Waals surface area (Å²) in [4.78, 5) is 9.54. The lowest BCUT2D eigenvalue weighted by Crippen LogP contribution is -2.28. The van der Waals surface area contributed by atoms with Crippen molar-refractivity contribution in [2.24, 2.45) is 22.5 Å². The van der Waals surface area contributed by atoms with Crippen molar-refractivity contribution >= 4 is 11.4 Å². The molecule has 0 atom stereocenters. The van der Waals surface area contributed by atoms with E-state index in [0.29, 0.717) is 12.1 Å². The highest BCUT2D eigenvalue weighted by molar-refractivity contribution is 5.95. The van der Waals surface area contributed by atoms with Crippen molar-refractivity contribution < 1.29 is 0 Å². The molecule has 5 heteroatoms. The van der Waals surface area contributed by atoms with E-state index in [0.717, 1.165) is 53.7 Å². The number of aromatic nitrogens is 1. The van der Waals surface area contributed by atoms with E-state index < -0.39 is 0 Å². The number of aryl methyl sites for hydroxylation is 1. The molecular weight excluding hydrogens is 382 g/mol. The fourth-order valence-electron chi connectivity index (χ4n) is 4.29. The molecule has 0 aromatic carbocycles. The molecule has 31 heavy (non-hydrogen) atoms. The molecule has 1 aromatic rings. The van der Waals surface area contributed by atoms with E-state index in [2.05, 4.69) is 26.5 Å². The predicted molar refractivity (Wildman–Crippen MR) is 133 cm³/mol. The quantitative estimate of drug-likeness (QED) is 0.289. The van der Waals surface area contributed by atoms with E-state index in [1.54, 1.807) is 5.01 Å². The zero-order valence-electron chi connectivity index (χ0n) is 20.0. The summed E-state index contributed by atoms with van der Waals surface area (Å²) in [6.07, 6.45) is 14.0. The van der Waals surface area contributed by atoms with Gasteiger partial charge < -0.3 is 10.7 Å². The highest BCUT2D eigenvalue weighted by Gasteiger charge is 2.17. The first kappa shape index (κ1) is 24.9. The number of nitrogens with two attached hydrogens (primary N) is 2. The Morgan fingerprint density at radius 1 is 1.26 bits per heavy atom. The average Bonchev–Trinajstić information content (AvgIpc) is 2.77. The average molecular weight is 424 g/mol. The highest BCUT2D eigenvalue weighted by atomic mass is 15.4. The topological polar surface area (TPSA) is 80.5 Å². The third kappa shape index (κ3) is 7.35. The minimum Gasteiger partial charge on any atom is -0.396 e. The molecule has 1 aliphatic carbocycles. The Morgan fingerprint density at radius 2 is 1.97 bits per heavy atom. The summed E-state index contributed by atoms with van der Waals surface area (Å²) in [5, 5.41) is 1.60. The van der Waals surface area contributed by atoms with E-state index in [1.165, 1.54) is 37.7 Å². The van der Waals surface area contributed by atoms with Gasteiger partial charge >= 0.3 is 0 Å². The lowest BCUT2D eigenvalue weighted by molar-refractivity contribution is 0.356. The molecule has 4 N–H and O–H groups in total. The summed E-state index contributed by atoms with van der Waals surface area (Å²) in [5.41, 5.74) is 13.2. The number of hydrogen-bond acceptors (Lipinski definition) is 5. The first-order valence-corrected chi connectivity index (χ1v) is 11.7. The summed E-state index contributed by atoms with van der Waals surface area (Å²) in [5.74, 6) is 6.93. The Morgan fingerprint density at radius 3 is 2.52 bits per heavy atom.